The lowest BCUT2D eigenvalue weighted by Gasteiger charge is -2.26. The van der Waals surface area contributed by atoms with Crippen molar-refractivity contribution < 1.29 is 9.59 Å². The van der Waals surface area contributed by atoms with Crippen LogP contribution in [0, 0.1) is 16.7 Å². The van der Waals surface area contributed by atoms with Crippen LogP contribution in [0.1, 0.15) is 53.9 Å². The van der Waals surface area contributed by atoms with Gasteiger partial charge in [0.25, 0.3) is 0 Å². The predicted molar refractivity (Wildman–Crippen MR) is 76.6 cm³/mol. The van der Waals surface area contributed by atoms with Crippen molar-refractivity contribution in [2.24, 2.45) is 5.41 Å². The van der Waals surface area contributed by atoms with Crippen molar-refractivity contribution in [1.82, 2.24) is 10.2 Å². The van der Waals surface area contributed by atoms with Gasteiger partial charge in [0.2, 0.25) is 11.8 Å². The Morgan fingerprint density at radius 3 is 2.45 bits per heavy atom. The van der Waals surface area contributed by atoms with Gasteiger partial charge in [-0.2, -0.15) is 5.26 Å². The molecule has 2 amide bonds. The molecule has 0 saturated carbocycles. The van der Waals surface area contributed by atoms with Crippen LogP contribution in [0.25, 0.3) is 0 Å². The van der Waals surface area contributed by atoms with Crippen LogP contribution in [0.4, 0.5) is 0 Å². The summed E-state index contributed by atoms with van der Waals surface area (Å²) in [7, 11) is 0. The van der Waals surface area contributed by atoms with Gasteiger partial charge in [-0.15, -0.1) is 0 Å². The highest BCUT2D eigenvalue weighted by atomic mass is 16.2. The first-order chi connectivity index (χ1) is 9.11. The van der Waals surface area contributed by atoms with Gasteiger partial charge in [-0.05, 0) is 33.6 Å². The molecule has 5 nitrogen and oxygen atoms in total. The zero-order valence-corrected chi connectivity index (χ0v) is 13.1. The number of hydrogen-bond acceptors (Lipinski definition) is 4. The molecule has 1 atom stereocenters. The van der Waals surface area contributed by atoms with Crippen LogP contribution in [-0.2, 0) is 9.59 Å². The lowest BCUT2D eigenvalue weighted by Crippen LogP contribution is -2.45. The summed E-state index contributed by atoms with van der Waals surface area (Å²) in [5, 5.41) is 12.5. The molecular weight excluding hydrogens is 254 g/mol. The zero-order chi connectivity index (χ0) is 15.6. The predicted octanol–water partition coefficient (Wildman–Crippen LogP) is 1.83. The number of nitrogens with one attached hydrogen (secondary N) is 1. The van der Waals surface area contributed by atoms with Crippen molar-refractivity contribution in [3.05, 3.63) is 0 Å². The zero-order valence-electron chi connectivity index (χ0n) is 13.1. The Bertz CT molecular complexity index is 437. The molecule has 0 radical (unpaired) electrons. The van der Waals surface area contributed by atoms with E-state index in [1.54, 1.807) is 13.8 Å². The van der Waals surface area contributed by atoms with E-state index in [0.717, 1.165) is 0 Å². The molecule has 0 spiro atoms. The van der Waals surface area contributed by atoms with Crippen LogP contribution in [0.15, 0.2) is 0 Å². The Morgan fingerprint density at radius 2 is 2.05 bits per heavy atom. The van der Waals surface area contributed by atoms with Gasteiger partial charge in [-0.3, -0.25) is 19.8 Å². The molecule has 1 unspecified atom stereocenters. The average molecular weight is 279 g/mol. The van der Waals surface area contributed by atoms with E-state index in [2.05, 4.69) is 11.4 Å². The first-order valence-electron chi connectivity index (χ1n) is 7.15. The van der Waals surface area contributed by atoms with Gasteiger partial charge in [-0.1, -0.05) is 13.8 Å². The molecule has 1 fully saturated rings. The maximum atomic E-state index is 12.1. The monoisotopic (exact) mass is 279 g/mol. The summed E-state index contributed by atoms with van der Waals surface area (Å²) in [6.45, 7) is 9.83. The Morgan fingerprint density at radius 1 is 1.45 bits per heavy atom. The van der Waals surface area contributed by atoms with Crippen molar-refractivity contribution in [1.29, 1.82) is 5.26 Å². The maximum Gasteiger partial charge on any atom is 0.235 e. The number of nitrogens with zero attached hydrogens (tertiary/aromatic N) is 2. The molecule has 1 rings (SSSR count). The SMILES string of the molecule is CC(C)NC(C)(C#N)CCCN1C(=O)CC(C)(C)C1=O. The van der Waals surface area contributed by atoms with Gasteiger partial charge < -0.3 is 0 Å². The lowest BCUT2D eigenvalue weighted by atomic mass is 9.92. The van der Waals surface area contributed by atoms with E-state index >= 15 is 0 Å². The van der Waals surface area contributed by atoms with E-state index in [4.69, 9.17) is 0 Å². The molecule has 0 bridgehead atoms. The molecule has 1 aliphatic rings. The Kier molecular flexibility index (Phi) is 4.93. The van der Waals surface area contributed by atoms with E-state index in [0.29, 0.717) is 19.4 Å². The minimum atomic E-state index is -0.616. The summed E-state index contributed by atoms with van der Waals surface area (Å²) in [6.07, 6.45) is 1.53. The number of carbonyl (C=O) groups excluding carboxylic acids is 2. The van der Waals surface area contributed by atoms with Crippen molar-refractivity contribution in [2.75, 3.05) is 6.54 Å². The maximum absolute atomic E-state index is 12.1. The lowest BCUT2D eigenvalue weighted by molar-refractivity contribution is -0.140. The van der Waals surface area contributed by atoms with E-state index in [9.17, 15) is 14.9 Å². The first kappa shape index (κ1) is 16.6. The molecule has 1 saturated heterocycles. The average Bonchev–Trinajstić information content (AvgIpc) is 2.50. The second-order valence-corrected chi connectivity index (χ2v) is 6.76. The number of nitriles is 1. The number of likely N-dealkylation sites (tertiary alicyclic amines) is 1. The number of hydrogen-bond donors (Lipinski definition) is 1. The summed E-state index contributed by atoms with van der Waals surface area (Å²) in [5.41, 5.74) is -1.19. The first-order valence-corrected chi connectivity index (χ1v) is 7.15. The third-order valence-electron chi connectivity index (χ3n) is 3.63. The highest BCUT2D eigenvalue weighted by Crippen LogP contribution is 2.31. The van der Waals surface area contributed by atoms with Gasteiger partial charge in [0, 0.05) is 19.0 Å². The minimum Gasteiger partial charge on any atom is -0.297 e. The fourth-order valence-corrected chi connectivity index (χ4v) is 2.64. The van der Waals surface area contributed by atoms with Crippen LogP contribution in [0.2, 0.25) is 0 Å². The van der Waals surface area contributed by atoms with Crippen molar-refractivity contribution in [3.63, 3.8) is 0 Å². The highest BCUT2D eigenvalue weighted by Gasteiger charge is 2.44. The fraction of sp³-hybridized carbons (Fsp3) is 0.800. The topological polar surface area (TPSA) is 73.2 Å². The van der Waals surface area contributed by atoms with Gasteiger partial charge in [0.15, 0.2) is 0 Å². The number of imide groups is 1. The molecule has 0 aliphatic carbocycles. The smallest absolute Gasteiger partial charge is 0.235 e. The normalized spacial score (nSPS) is 21.1. The Labute approximate surface area is 121 Å². The van der Waals surface area contributed by atoms with Crippen LogP contribution in [0.3, 0.4) is 0 Å². The third-order valence-corrected chi connectivity index (χ3v) is 3.63. The molecule has 1 heterocycles. The van der Waals surface area contributed by atoms with E-state index in [1.165, 1.54) is 4.90 Å². The molecular formula is C15H25N3O2. The number of rotatable bonds is 6. The molecule has 0 aromatic rings. The number of amides is 2. The van der Waals surface area contributed by atoms with Crippen LogP contribution in [-0.4, -0.2) is 34.8 Å². The molecule has 0 aromatic carbocycles. The molecule has 20 heavy (non-hydrogen) atoms. The largest absolute Gasteiger partial charge is 0.297 e. The van der Waals surface area contributed by atoms with E-state index < -0.39 is 11.0 Å². The van der Waals surface area contributed by atoms with E-state index in [-0.39, 0.29) is 24.3 Å². The summed E-state index contributed by atoms with van der Waals surface area (Å²) in [6, 6.07) is 2.49. The Balaban J connectivity index is 2.55. The van der Waals surface area contributed by atoms with Gasteiger partial charge in [0.1, 0.15) is 5.54 Å². The molecule has 112 valence electrons. The van der Waals surface area contributed by atoms with Crippen LogP contribution < -0.4 is 5.32 Å². The summed E-state index contributed by atoms with van der Waals surface area (Å²) in [4.78, 5) is 25.2. The van der Waals surface area contributed by atoms with Crippen molar-refractivity contribution in [2.45, 2.75) is 65.5 Å². The second-order valence-electron chi connectivity index (χ2n) is 6.76. The van der Waals surface area contributed by atoms with E-state index in [1.807, 2.05) is 20.8 Å². The molecule has 5 heteroatoms. The van der Waals surface area contributed by atoms with Gasteiger partial charge in [-0.25, -0.2) is 0 Å². The van der Waals surface area contributed by atoms with Crippen LogP contribution >= 0.6 is 0 Å². The number of carbonyl (C=O) groups is 2. The molecule has 1 aliphatic heterocycles. The van der Waals surface area contributed by atoms with Crippen LogP contribution in [0.5, 0.6) is 0 Å². The molecule has 0 aromatic heterocycles. The molecule has 1 N–H and O–H groups in total. The summed E-state index contributed by atoms with van der Waals surface area (Å²) in [5.74, 6) is -0.201. The van der Waals surface area contributed by atoms with Crippen molar-refractivity contribution in [3.8, 4) is 6.07 Å². The Hall–Kier alpha value is -1.41. The highest BCUT2D eigenvalue weighted by molar-refractivity contribution is 6.05. The van der Waals surface area contributed by atoms with Crippen molar-refractivity contribution >= 4 is 11.8 Å². The minimum absolute atomic E-state index is 0.0991. The quantitative estimate of drug-likeness (QED) is 0.753. The van der Waals surface area contributed by atoms with Gasteiger partial charge in [0.05, 0.1) is 11.5 Å². The fourth-order valence-electron chi connectivity index (χ4n) is 2.64. The van der Waals surface area contributed by atoms with Gasteiger partial charge >= 0.3 is 0 Å². The summed E-state index contributed by atoms with van der Waals surface area (Å²) >= 11 is 0. The summed E-state index contributed by atoms with van der Waals surface area (Å²) < 4.78 is 0. The second kappa shape index (κ2) is 5.92. The standard InChI is InChI=1S/C15H25N3O2/c1-11(2)17-15(5,10-16)7-6-8-18-12(19)9-14(3,4)13(18)20/h11,17H,6-9H2,1-5H3. The third kappa shape index (κ3) is 3.80.